The Balaban J connectivity index is 0.00000342. The third kappa shape index (κ3) is 6.38. The summed E-state index contributed by atoms with van der Waals surface area (Å²) in [6.07, 6.45) is 2.21. The molecule has 1 aromatic heterocycles. The lowest BCUT2D eigenvalue weighted by molar-refractivity contribution is 0.0391. The zero-order chi connectivity index (χ0) is 24.5. The number of hydrogen-bond donors (Lipinski definition) is 0. The number of aromatic nitrogens is 1. The van der Waals surface area contributed by atoms with Crippen LogP contribution in [0.4, 0.5) is 5.13 Å². The molecular formula is C22H26ClN3O6S3. The second-order valence-electron chi connectivity index (χ2n) is 8.08. The highest BCUT2D eigenvalue weighted by Gasteiger charge is 2.25. The molecule has 9 nitrogen and oxygen atoms in total. The quantitative estimate of drug-likeness (QED) is 0.434. The minimum Gasteiger partial charge on any atom is -0.379 e. The van der Waals surface area contributed by atoms with Crippen LogP contribution in [0.15, 0.2) is 52.3 Å². The van der Waals surface area contributed by atoms with Crippen molar-refractivity contribution >= 4 is 64.7 Å². The van der Waals surface area contributed by atoms with Gasteiger partial charge in [0.15, 0.2) is 24.8 Å². The predicted octanol–water partition coefficient (Wildman–Crippen LogP) is 2.50. The highest BCUT2D eigenvalue weighted by atomic mass is 35.5. The number of fused-ring (bicyclic) bond motifs is 1. The maximum absolute atomic E-state index is 13.6. The lowest BCUT2D eigenvalue weighted by atomic mass is 10.2. The van der Waals surface area contributed by atoms with Gasteiger partial charge in [-0.25, -0.2) is 21.8 Å². The van der Waals surface area contributed by atoms with E-state index >= 15 is 0 Å². The van der Waals surface area contributed by atoms with Gasteiger partial charge in [0.1, 0.15) is 5.52 Å². The van der Waals surface area contributed by atoms with Gasteiger partial charge in [0.05, 0.1) is 27.7 Å². The van der Waals surface area contributed by atoms with E-state index in [4.69, 9.17) is 4.74 Å². The third-order valence-corrected chi connectivity index (χ3v) is 8.78. The number of anilines is 1. The molecule has 0 aliphatic carbocycles. The molecule has 1 saturated heterocycles. The van der Waals surface area contributed by atoms with Gasteiger partial charge in [-0.1, -0.05) is 23.5 Å². The van der Waals surface area contributed by atoms with Crippen LogP contribution >= 0.6 is 23.7 Å². The first-order chi connectivity index (χ1) is 16.0. The molecule has 0 bridgehead atoms. The summed E-state index contributed by atoms with van der Waals surface area (Å²) in [5.41, 5.74) is 0.534. The van der Waals surface area contributed by atoms with Crippen molar-refractivity contribution < 1.29 is 26.4 Å². The molecule has 0 unspecified atom stereocenters. The number of amides is 1. The van der Waals surface area contributed by atoms with Gasteiger partial charge in [-0.3, -0.25) is 14.6 Å². The van der Waals surface area contributed by atoms with E-state index in [-0.39, 0.29) is 27.8 Å². The number of carbonyl (C=O) groups is 1. The van der Waals surface area contributed by atoms with E-state index < -0.39 is 25.6 Å². The fourth-order valence-electron chi connectivity index (χ4n) is 3.69. The standard InChI is InChI=1S/C22H25N3O6S3.ClH/c1-33(27,28)17-6-3-5-16(15-17)21(26)25(10-9-24-11-13-31-14-12-24)22-23-20-18(32-22)7-4-8-19(20)34(2,29)30;/h3-8,15H,9-14H2,1-2H3;1H. The fourth-order valence-corrected chi connectivity index (χ4v) is 6.27. The summed E-state index contributed by atoms with van der Waals surface area (Å²) in [5, 5.41) is 0.356. The molecule has 0 spiro atoms. The van der Waals surface area contributed by atoms with Crippen LogP contribution in [0.3, 0.4) is 0 Å². The van der Waals surface area contributed by atoms with Gasteiger partial charge in [-0.2, -0.15) is 0 Å². The van der Waals surface area contributed by atoms with E-state index in [1.165, 1.54) is 40.5 Å². The Bertz CT molecular complexity index is 1430. The first-order valence-corrected chi connectivity index (χ1v) is 15.2. The lowest BCUT2D eigenvalue weighted by Gasteiger charge is -2.29. The van der Waals surface area contributed by atoms with Gasteiger partial charge < -0.3 is 4.74 Å². The average Bonchev–Trinajstić information content (AvgIpc) is 3.22. The molecule has 35 heavy (non-hydrogen) atoms. The van der Waals surface area contributed by atoms with Crippen LogP contribution in [-0.4, -0.2) is 84.5 Å². The van der Waals surface area contributed by atoms with Crippen molar-refractivity contribution in [3.05, 3.63) is 48.0 Å². The summed E-state index contributed by atoms with van der Waals surface area (Å²) in [5.74, 6) is -0.404. The molecule has 0 atom stereocenters. The Labute approximate surface area is 215 Å². The van der Waals surface area contributed by atoms with Crippen molar-refractivity contribution in [1.29, 1.82) is 0 Å². The monoisotopic (exact) mass is 559 g/mol. The number of nitrogens with zero attached hydrogens (tertiary/aromatic N) is 3. The first-order valence-electron chi connectivity index (χ1n) is 10.6. The summed E-state index contributed by atoms with van der Waals surface area (Å²) in [6, 6.07) is 10.8. The largest absolute Gasteiger partial charge is 0.379 e. The van der Waals surface area contributed by atoms with Crippen molar-refractivity contribution in [2.24, 2.45) is 0 Å². The topological polar surface area (TPSA) is 114 Å². The van der Waals surface area contributed by atoms with Crippen LogP contribution < -0.4 is 4.90 Å². The number of hydrogen-bond acceptors (Lipinski definition) is 9. The Morgan fingerprint density at radius 1 is 1.06 bits per heavy atom. The van der Waals surface area contributed by atoms with Crippen LogP contribution in [0.5, 0.6) is 0 Å². The maximum Gasteiger partial charge on any atom is 0.260 e. The first kappa shape index (κ1) is 27.5. The fraction of sp³-hybridized carbons (Fsp3) is 0.364. The Morgan fingerprint density at radius 2 is 1.74 bits per heavy atom. The molecular weight excluding hydrogens is 534 g/mol. The van der Waals surface area contributed by atoms with E-state index in [0.717, 1.165) is 25.6 Å². The smallest absolute Gasteiger partial charge is 0.260 e. The second kappa shape index (κ2) is 10.9. The highest BCUT2D eigenvalue weighted by molar-refractivity contribution is 7.91. The minimum atomic E-state index is -3.51. The van der Waals surface area contributed by atoms with Crippen molar-refractivity contribution in [3.63, 3.8) is 0 Å². The van der Waals surface area contributed by atoms with Gasteiger partial charge in [-0.15, -0.1) is 12.4 Å². The van der Waals surface area contributed by atoms with Crippen LogP contribution in [0.1, 0.15) is 10.4 Å². The number of halogens is 1. The van der Waals surface area contributed by atoms with E-state index in [1.807, 2.05) is 0 Å². The van der Waals surface area contributed by atoms with Gasteiger partial charge in [-0.05, 0) is 30.3 Å². The number of morpholine rings is 1. The average molecular weight is 560 g/mol. The van der Waals surface area contributed by atoms with E-state index in [9.17, 15) is 21.6 Å². The third-order valence-electron chi connectivity index (χ3n) is 5.50. The van der Waals surface area contributed by atoms with Crippen LogP contribution in [0.25, 0.3) is 10.2 Å². The van der Waals surface area contributed by atoms with Crippen LogP contribution in [0, 0.1) is 0 Å². The zero-order valence-corrected chi connectivity index (χ0v) is 22.5. The molecule has 1 amide bonds. The van der Waals surface area contributed by atoms with E-state index in [0.29, 0.717) is 41.7 Å². The molecule has 190 valence electrons. The summed E-state index contributed by atoms with van der Waals surface area (Å²) in [7, 11) is -7.01. The highest BCUT2D eigenvalue weighted by Crippen LogP contribution is 2.33. The normalized spacial score (nSPS) is 15.0. The number of sulfone groups is 2. The Morgan fingerprint density at radius 3 is 2.40 bits per heavy atom. The van der Waals surface area contributed by atoms with Crippen LogP contribution in [-0.2, 0) is 24.4 Å². The molecule has 0 saturated carbocycles. The minimum absolute atomic E-state index is 0. The van der Waals surface area contributed by atoms with Gasteiger partial charge in [0.25, 0.3) is 5.91 Å². The van der Waals surface area contributed by atoms with Crippen molar-refractivity contribution in [1.82, 2.24) is 9.88 Å². The molecule has 13 heteroatoms. The second-order valence-corrected chi connectivity index (χ2v) is 13.1. The summed E-state index contributed by atoms with van der Waals surface area (Å²) >= 11 is 1.22. The molecule has 3 aromatic rings. The molecule has 0 N–H and O–H groups in total. The molecule has 1 aliphatic heterocycles. The zero-order valence-electron chi connectivity index (χ0n) is 19.2. The van der Waals surface area contributed by atoms with E-state index in [1.54, 1.807) is 18.2 Å². The number of ether oxygens (including phenoxy) is 1. The molecule has 1 aliphatic rings. The van der Waals surface area contributed by atoms with Crippen LogP contribution in [0.2, 0.25) is 0 Å². The number of carbonyl (C=O) groups excluding carboxylic acids is 1. The molecule has 2 heterocycles. The molecule has 2 aromatic carbocycles. The number of benzene rings is 2. The SMILES string of the molecule is CS(=O)(=O)c1cccc(C(=O)N(CCN2CCOCC2)c2nc3c(S(C)(=O)=O)cccc3s2)c1.Cl. The van der Waals surface area contributed by atoms with Crippen molar-refractivity contribution in [2.75, 3.05) is 56.8 Å². The predicted molar refractivity (Wildman–Crippen MR) is 138 cm³/mol. The van der Waals surface area contributed by atoms with Crippen molar-refractivity contribution in [3.8, 4) is 0 Å². The van der Waals surface area contributed by atoms with Gasteiger partial charge in [0.2, 0.25) is 0 Å². The molecule has 0 radical (unpaired) electrons. The Kier molecular flexibility index (Phi) is 8.56. The summed E-state index contributed by atoms with van der Waals surface area (Å²) < 4.78 is 54.6. The number of rotatable bonds is 7. The molecule has 4 rings (SSSR count). The number of para-hydroxylation sites is 1. The maximum atomic E-state index is 13.6. The Hall–Kier alpha value is -2.09. The van der Waals surface area contributed by atoms with Gasteiger partial charge >= 0.3 is 0 Å². The van der Waals surface area contributed by atoms with Gasteiger partial charge in [0, 0.05) is 44.3 Å². The lowest BCUT2D eigenvalue weighted by Crippen LogP contribution is -2.43. The van der Waals surface area contributed by atoms with E-state index in [2.05, 4.69) is 9.88 Å². The summed E-state index contributed by atoms with van der Waals surface area (Å²) in [4.78, 5) is 22.0. The number of thiazole rings is 1. The molecule has 1 fully saturated rings. The summed E-state index contributed by atoms with van der Waals surface area (Å²) in [6.45, 7) is 3.57. The van der Waals surface area contributed by atoms with Crippen molar-refractivity contribution in [2.45, 2.75) is 9.79 Å².